The number of fused-ring (bicyclic) bond motifs is 1. The van der Waals surface area contributed by atoms with E-state index in [1.54, 1.807) is 23.1 Å². The van der Waals surface area contributed by atoms with E-state index in [4.69, 9.17) is 0 Å². The third-order valence-electron chi connectivity index (χ3n) is 4.72. The van der Waals surface area contributed by atoms with Gasteiger partial charge in [-0.3, -0.25) is 4.79 Å². The van der Waals surface area contributed by atoms with E-state index < -0.39 is 0 Å². The molecule has 0 unspecified atom stereocenters. The van der Waals surface area contributed by atoms with Crippen LogP contribution in [0.3, 0.4) is 0 Å². The van der Waals surface area contributed by atoms with E-state index in [-0.39, 0.29) is 35.6 Å². The zero-order chi connectivity index (χ0) is 17.4. The molecule has 0 spiro atoms. The van der Waals surface area contributed by atoms with Gasteiger partial charge in [0.25, 0.3) is 0 Å². The van der Waals surface area contributed by atoms with Crippen molar-refractivity contribution in [3.05, 3.63) is 47.9 Å². The monoisotopic (exact) mass is 329 g/mol. The van der Waals surface area contributed by atoms with Crippen molar-refractivity contribution in [2.75, 3.05) is 10.2 Å². The van der Waals surface area contributed by atoms with Gasteiger partial charge in [-0.1, -0.05) is 6.92 Å². The highest BCUT2D eigenvalue weighted by molar-refractivity contribution is 5.94. The van der Waals surface area contributed by atoms with E-state index >= 15 is 0 Å². The van der Waals surface area contributed by atoms with E-state index in [1.807, 2.05) is 13.8 Å². The number of nitrogens with one attached hydrogen (secondary N) is 1. The number of rotatable bonds is 2. The van der Waals surface area contributed by atoms with Crippen molar-refractivity contribution in [2.24, 2.45) is 5.92 Å². The quantitative estimate of drug-likeness (QED) is 0.885. The van der Waals surface area contributed by atoms with Crippen LogP contribution in [0.15, 0.2) is 36.5 Å². The lowest BCUT2D eigenvalue weighted by atomic mass is 9.82. The van der Waals surface area contributed by atoms with Crippen molar-refractivity contribution in [3.63, 3.8) is 0 Å². The number of pyridine rings is 1. The first-order valence-electron chi connectivity index (χ1n) is 7.90. The van der Waals surface area contributed by atoms with E-state index in [0.717, 1.165) is 0 Å². The van der Waals surface area contributed by atoms with Crippen LogP contribution in [0, 0.1) is 11.7 Å². The molecule has 0 aliphatic carbocycles. The topological polar surface area (TPSA) is 65.5 Å². The lowest BCUT2D eigenvalue weighted by molar-refractivity contribution is -0.117. The maximum absolute atomic E-state index is 13.8. The number of nitrogens with zero attached hydrogens (tertiary/aromatic N) is 2. The molecule has 3 atom stereocenters. The number of hydrogen-bond donors (Lipinski definition) is 2. The molecule has 2 heterocycles. The minimum absolute atomic E-state index is 0.00260. The lowest BCUT2D eigenvalue weighted by Gasteiger charge is -2.44. The zero-order valence-corrected chi connectivity index (χ0v) is 13.8. The first-order valence-corrected chi connectivity index (χ1v) is 7.90. The Balaban J connectivity index is 2.09. The molecule has 1 aliphatic heterocycles. The number of aromatic hydroxyl groups is 1. The van der Waals surface area contributed by atoms with Crippen molar-refractivity contribution in [2.45, 2.75) is 32.9 Å². The first kappa shape index (κ1) is 16.2. The normalized spacial score (nSPS) is 22.8. The van der Waals surface area contributed by atoms with E-state index in [0.29, 0.717) is 16.9 Å². The van der Waals surface area contributed by atoms with Crippen molar-refractivity contribution in [1.29, 1.82) is 0 Å². The van der Waals surface area contributed by atoms with Gasteiger partial charge in [0.1, 0.15) is 5.82 Å². The molecule has 0 saturated heterocycles. The highest BCUT2D eigenvalue weighted by Gasteiger charge is 2.38. The van der Waals surface area contributed by atoms with Crippen molar-refractivity contribution in [1.82, 2.24) is 4.98 Å². The molecule has 1 aromatic carbocycles. The Morgan fingerprint density at radius 3 is 2.75 bits per heavy atom. The Hall–Kier alpha value is -2.63. The average Bonchev–Trinajstić information content (AvgIpc) is 2.54. The Bertz CT molecular complexity index is 781. The molecule has 2 aromatic rings. The summed E-state index contributed by atoms with van der Waals surface area (Å²) in [5.41, 5.74) is 1.86. The molecular formula is C18H20FN3O2. The summed E-state index contributed by atoms with van der Waals surface area (Å²) in [5.74, 6) is -0.543. The van der Waals surface area contributed by atoms with Crippen molar-refractivity contribution >= 4 is 17.3 Å². The van der Waals surface area contributed by atoms with Crippen LogP contribution in [0.2, 0.25) is 0 Å². The molecular weight excluding hydrogens is 309 g/mol. The van der Waals surface area contributed by atoms with Gasteiger partial charge in [0, 0.05) is 36.3 Å². The van der Waals surface area contributed by atoms with Gasteiger partial charge in [-0.2, -0.15) is 0 Å². The second-order valence-electron chi connectivity index (χ2n) is 6.19. The van der Waals surface area contributed by atoms with Gasteiger partial charge in [-0.15, -0.1) is 0 Å². The summed E-state index contributed by atoms with van der Waals surface area (Å²) < 4.78 is 13.8. The van der Waals surface area contributed by atoms with Gasteiger partial charge in [0.2, 0.25) is 11.8 Å². The summed E-state index contributed by atoms with van der Waals surface area (Å²) >= 11 is 0. The Kier molecular flexibility index (Phi) is 4.13. The van der Waals surface area contributed by atoms with Crippen LogP contribution >= 0.6 is 0 Å². The highest BCUT2D eigenvalue weighted by atomic mass is 19.1. The third-order valence-corrected chi connectivity index (χ3v) is 4.72. The largest absolute Gasteiger partial charge is 0.492 e. The Morgan fingerprint density at radius 2 is 2.08 bits per heavy atom. The fourth-order valence-electron chi connectivity index (χ4n) is 3.35. The second kappa shape index (κ2) is 6.11. The number of carbonyl (C=O) groups is 1. The van der Waals surface area contributed by atoms with Crippen molar-refractivity contribution in [3.8, 4) is 5.88 Å². The van der Waals surface area contributed by atoms with Crippen molar-refractivity contribution < 1.29 is 14.3 Å². The van der Waals surface area contributed by atoms with Crippen LogP contribution in [0.5, 0.6) is 5.88 Å². The fraction of sp³-hybridized carbons (Fsp3) is 0.333. The van der Waals surface area contributed by atoms with E-state index in [2.05, 4.69) is 10.3 Å². The highest BCUT2D eigenvalue weighted by Crippen LogP contribution is 2.43. The van der Waals surface area contributed by atoms with Gasteiger partial charge in [0.15, 0.2) is 0 Å². The molecule has 2 N–H and O–H groups in total. The number of benzene rings is 1. The number of hydrogen-bond acceptors (Lipinski definition) is 4. The molecule has 1 amide bonds. The van der Waals surface area contributed by atoms with Gasteiger partial charge < -0.3 is 15.3 Å². The van der Waals surface area contributed by atoms with Crippen LogP contribution in [0.25, 0.3) is 0 Å². The third kappa shape index (κ3) is 2.68. The van der Waals surface area contributed by atoms with Gasteiger partial charge >= 0.3 is 0 Å². The zero-order valence-electron chi connectivity index (χ0n) is 13.8. The maximum Gasteiger partial charge on any atom is 0.234 e. The molecule has 0 saturated carbocycles. The number of amides is 1. The van der Waals surface area contributed by atoms with Crippen LogP contribution in [-0.4, -0.2) is 22.0 Å². The summed E-state index contributed by atoms with van der Waals surface area (Å²) in [5, 5.41) is 13.2. The standard InChI is InChI=1S/C18H20FN3O2/c1-10-11(2)22(12(3)23)16-7-6-13(19)9-14(16)17(10)21-15-5-4-8-20-18(15)24/h4-11,17,21H,1-3H3,(H,20,24)/t10-,11-,17+/m0/s1. The molecule has 1 aliphatic rings. The number of carbonyl (C=O) groups excluding carboxylic acids is 1. The Morgan fingerprint density at radius 1 is 1.33 bits per heavy atom. The summed E-state index contributed by atoms with van der Waals surface area (Å²) in [7, 11) is 0. The molecule has 0 fully saturated rings. The maximum atomic E-state index is 13.8. The Labute approximate surface area is 140 Å². The minimum atomic E-state index is -0.360. The van der Waals surface area contributed by atoms with Crippen LogP contribution < -0.4 is 10.2 Å². The van der Waals surface area contributed by atoms with Crippen LogP contribution in [-0.2, 0) is 4.79 Å². The molecule has 24 heavy (non-hydrogen) atoms. The van der Waals surface area contributed by atoms with Gasteiger partial charge in [-0.05, 0) is 37.3 Å². The number of halogens is 1. The predicted octanol–water partition coefficient (Wildman–Crippen LogP) is 3.47. The molecule has 3 rings (SSSR count). The molecule has 6 heteroatoms. The van der Waals surface area contributed by atoms with Gasteiger partial charge in [-0.25, -0.2) is 9.37 Å². The number of aromatic nitrogens is 1. The summed E-state index contributed by atoms with van der Waals surface area (Å²) in [6.07, 6.45) is 1.50. The predicted molar refractivity (Wildman–Crippen MR) is 90.5 cm³/mol. The smallest absolute Gasteiger partial charge is 0.234 e. The minimum Gasteiger partial charge on any atom is -0.492 e. The fourth-order valence-corrected chi connectivity index (χ4v) is 3.35. The van der Waals surface area contributed by atoms with Gasteiger partial charge in [0.05, 0.1) is 11.7 Å². The van der Waals surface area contributed by atoms with E-state index in [9.17, 15) is 14.3 Å². The second-order valence-corrected chi connectivity index (χ2v) is 6.19. The molecule has 0 bridgehead atoms. The molecule has 5 nitrogen and oxygen atoms in total. The number of anilines is 2. The summed E-state index contributed by atoms with van der Waals surface area (Å²) in [6.45, 7) is 5.48. The van der Waals surface area contributed by atoms with Crippen LogP contribution in [0.1, 0.15) is 32.4 Å². The molecule has 1 aromatic heterocycles. The summed E-state index contributed by atoms with van der Waals surface area (Å²) in [6, 6.07) is 7.54. The van der Waals surface area contributed by atoms with E-state index in [1.165, 1.54) is 25.3 Å². The molecule has 126 valence electrons. The summed E-state index contributed by atoms with van der Waals surface area (Å²) in [4.78, 5) is 17.6. The SMILES string of the molecule is CC(=O)N1c2ccc(F)cc2[C@H](Nc2cccnc2O)[C@@H](C)[C@@H]1C. The average molecular weight is 329 g/mol. The first-order chi connectivity index (χ1) is 11.4. The molecule has 0 radical (unpaired) electrons. The lowest BCUT2D eigenvalue weighted by Crippen LogP contribution is -2.48. The van der Waals surface area contributed by atoms with Crippen LogP contribution in [0.4, 0.5) is 15.8 Å².